The smallest absolute Gasteiger partial charge is 0.218 e. The minimum atomic E-state index is 0.229. The van der Waals surface area contributed by atoms with Crippen LogP contribution >= 0.6 is 0 Å². The van der Waals surface area contributed by atoms with Crippen LogP contribution in [0.4, 0.5) is 5.82 Å². The van der Waals surface area contributed by atoms with Crippen molar-refractivity contribution in [2.24, 2.45) is 0 Å². The Kier molecular flexibility index (Phi) is 3.76. The summed E-state index contributed by atoms with van der Waals surface area (Å²) in [6.07, 6.45) is 2.31. The minimum Gasteiger partial charge on any atom is -0.481 e. The number of aromatic nitrogens is 4. The third-order valence-electron chi connectivity index (χ3n) is 2.52. The van der Waals surface area contributed by atoms with Gasteiger partial charge in [0, 0.05) is 24.2 Å². The second-order valence-corrected chi connectivity index (χ2v) is 4.24. The van der Waals surface area contributed by atoms with Gasteiger partial charge in [0.15, 0.2) is 0 Å². The molecule has 0 aromatic carbocycles. The summed E-state index contributed by atoms with van der Waals surface area (Å²) in [5.41, 5.74) is 2.11. The standard InChI is InChI=1S/C12H17N5O/c1-8(4-10-5-9(2)16-17-10)15-11-6-12(18-3)14-7-13-11/h5-8H,4H2,1-3H3,(H,16,17)(H,13,14,15)/t8-/m0/s1. The predicted octanol–water partition coefficient (Wildman–Crippen LogP) is 1.56. The first kappa shape index (κ1) is 12.3. The highest BCUT2D eigenvalue weighted by Crippen LogP contribution is 2.12. The Labute approximate surface area is 106 Å². The summed E-state index contributed by atoms with van der Waals surface area (Å²) in [6, 6.07) is 4.04. The molecule has 0 aliphatic heterocycles. The maximum Gasteiger partial charge on any atom is 0.218 e. The van der Waals surface area contributed by atoms with Crippen molar-refractivity contribution in [3.63, 3.8) is 0 Å². The van der Waals surface area contributed by atoms with Crippen molar-refractivity contribution in [3.05, 3.63) is 29.8 Å². The van der Waals surface area contributed by atoms with Gasteiger partial charge in [0.1, 0.15) is 12.1 Å². The zero-order chi connectivity index (χ0) is 13.0. The van der Waals surface area contributed by atoms with E-state index in [1.807, 2.05) is 13.0 Å². The number of ether oxygens (including phenoxy) is 1. The number of nitrogens with one attached hydrogen (secondary N) is 2. The molecule has 0 unspecified atom stereocenters. The van der Waals surface area contributed by atoms with Crippen LogP contribution in [0.2, 0.25) is 0 Å². The quantitative estimate of drug-likeness (QED) is 0.838. The molecule has 0 bridgehead atoms. The monoisotopic (exact) mass is 247 g/mol. The summed E-state index contributed by atoms with van der Waals surface area (Å²) < 4.78 is 5.05. The summed E-state index contributed by atoms with van der Waals surface area (Å²) in [6.45, 7) is 4.07. The van der Waals surface area contributed by atoms with Crippen LogP contribution in [0.1, 0.15) is 18.3 Å². The van der Waals surface area contributed by atoms with Crippen molar-refractivity contribution in [3.8, 4) is 5.88 Å². The van der Waals surface area contributed by atoms with Crippen molar-refractivity contribution in [1.29, 1.82) is 0 Å². The molecule has 2 heterocycles. The second kappa shape index (κ2) is 5.48. The molecular weight excluding hydrogens is 230 g/mol. The Balaban J connectivity index is 1.96. The lowest BCUT2D eigenvalue weighted by atomic mass is 10.2. The van der Waals surface area contributed by atoms with Crippen LogP contribution in [0.3, 0.4) is 0 Å². The predicted molar refractivity (Wildman–Crippen MR) is 68.7 cm³/mol. The second-order valence-electron chi connectivity index (χ2n) is 4.24. The lowest BCUT2D eigenvalue weighted by Gasteiger charge is -2.13. The van der Waals surface area contributed by atoms with Crippen LogP contribution in [0, 0.1) is 6.92 Å². The molecule has 2 aromatic rings. The zero-order valence-electron chi connectivity index (χ0n) is 10.8. The van der Waals surface area contributed by atoms with Gasteiger partial charge in [-0.25, -0.2) is 9.97 Å². The first-order chi connectivity index (χ1) is 8.67. The number of aryl methyl sites for hydroxylation is 1. The number of methoxy groups -OCH3 is 1. The minimum absolute atomic E-state index is 0.229. The fraction of sp³-hybridized carbons (Fsp3) is 0.417. The topological polar surface area (TPSA) is 75.7 Å². The van der Waals surface area contributed by atoms with Crippen LogP contribution in [0.15, 0.2) is 18.5 Å². The van der Waals surface area contributed by atoms with E-state index < -0.39 is 0 Å². The highest BCUT2D eigenvalue weighted by atomic mass is 16.5. The van der Waals surface area contributed by atoms with Crippen LogP contribution in [-0.2, 0) is 6.42 Å². The van der Waals surface area contributed by atoms with Crippen LogP contribution in [-0.4, -0.2) is 33.3 Å². The molecule has 0 saturated carbocycles. The fourth-order valence-electron chi connectivity index (χ4n) is 1.73. The molecule has 2 N–H and O–H groups in total. The van der Waals surface area contributed by atoms with E-state index in [1.54, 1.807) is 13.2 Å². The average molecular weight is 247 g/mol. The number of anilines is 1. The molecule has 6 heteroatoms. The molecule has 0 aliphatic carbocycles. The van der Waals surface area contributed by atoms with Crippen molar-refractivity contribution in [2.45, 2.75) is 26.3 Å². The molecular formula is C12H17N5O. The van der Waals surface area contributed by atoms with Gasteiger partial charge in [-0.05, 0) is 19.9 Å². The fourth-order valence-corrected chi connectivity index (χ4v) is 1.73. The normalized spacial score (nSPS) is 12.2. The summed E-state index contributed by atoms with van der Waals surface area (Å²) in [4.78, 5) is 8.11. The van der Waals surface area contributed by atoms with E-state index in [1.165, 1.54) is 6.33 Å². The molecule has 6 nitrogen and oxygen atoms in total. The molecule has 0 spiro atoms. The van der Waals surface area contributed by atoms with Gasteiger partial charge in [-0.1, -0.05) is 0 Å². The van der Waals surface area contributed by atoms with E-state index in [-0.39, 0.29) is 6.04 Å². The highest BCUT2D eigenvalue weighted by Gasteiger charge is 2.07. The van der Waals surface area contributed by atoms with Crippen molar-refractivity contribution in [1.82, 2.24) is 20.2 Å². The largest absolute Gasteiger partial charge is 0.481 e. The van der Waals surface area contributed by atoms with Crippen molar-refractivity contribution < 1.29 is 4.74 Å². The van der Waals surface area contributed by atoms with Crippen LogP contribution < -0.4 is 10.1 Å². The molecule has 0 fully saturated rings. The number of nitrogens with zero attached hydrogens (tertiary/aromatic N) is 3. The Hall–Kier alpha value is -2.11. The maximum absolute atomic E-state index is 5.05. The SMILES string of the molecule is COc1cc(N[C@@H](C)Cc2cc(C)[nH]n2)ncn1. The van der Waals surface area contributed by atoms with Crippen LogP contribution in [0.5, 0.6) is 5.88 Å². The van der Waals surface area contributed by atoms with Gasteiger partial charge in [0.05, 0.1) is 12.8 Å². The zero-order valence-corrected chi connectivity index (χ0v) is 10.8. The first-order valence-corrected chi connectivity index (χ1v) is 5.81. The highest BCUT2D eigenvalue weighted by molar-refractivity contribution is 5.38. The Morgan fingerprint density at radius 2 is 2.22 bits per heavy atom. The summed E-state index contributed by atoms with van der Waals surface area (Å²) in [5, 5.41) is 10.4. The number of aromatic amines is 1. The molecule has 1 atom stereocenters. The molecule has 0 aliphatic rings. The van der Waals surface area contributed by atoms with Gasteiger partial charge in [0.2, 0.25) is 5.88 Å². The van der Waals surface area contributed by atoms with E-state index in [0.717, 1.165) is 23.6 Å². The first-order valence-electron chi connectivity index (χ1n) is 5.81. The lowest BCUT2D eigenvalue weighted by molar-refractivity contribution is 0.397. The van der Waals surface area contributed by atoms with Gasteiger partial charge in [-0.2, -0.15) is 5.10 Å². The van der Waals surface area contributed by atoms with E-state index in [4.69, 9.17) is 4.74 Å². The number of hydrogen-bond acceptors (Lipinski definition) is 5. The van der Waals surface area contributed by atoms with E-state index in [0.29, 0.717) is 5.88 Å². The molecule has 2 rings (SSSR count). The van der Waals surface area contributed by atoms with E-state index in [2.05, 4.69) is 32.4 Å². The summed E-state index contributed by atoms with van der Waals surface area (Å²) in [7, 11) is 1.59. The van der Waals surface area contributed by atoms with E-state index >= 15 is 0 Å². The summed E-state index contributed by atoms with van der Waals surface area (Å²) >= 11 is 0. The lowest BCUT2D eigenvalue weighted by Crippen LogP contribution is -2.19. The Morgan fingerprint density at radius 1 is 1.39 bits per heavy atom. The Bertz CT molecular complexity index is 511. The van der Waals surface area contributed by atoms with Gasteiger partial charge in [-0.15, -0.1) is 0 Å². The molecule has 2 aromatic heterocycles. The van der Waals surface area contributed by atoms with Crippen LogP contribution in [0.25, 0.3) is 0 Å². The third-order valence-corrected chi connectivity index (χ3v) is 2.52. The van der Waals surface area contributed by atoms with E-state index in [9.17, 15) is 0 Å². The molecule has 96 valence electrons. The maximum atomic E-state index is 5.05. The third kappa shape index (κ3) is 3.19. The molecule has 0 amide bonds. The number of H-pyrrole nitrogens is 1. The average Bonchev–Trinajstić information content (AvgIpc) is 2.74. The number of hydrogen-bond donors (Lipinski definition) is 2. The van der Waals surface area contributed by atoms with Crippen molar-refractivity contribution in [2.75, 3.05) is 12.4 Å². The molecule has 0 saturated heterocycles. The van der Waals surface area contributed by atoms with Gasteiger partial charge >= 0.3 is 0 Å². The van der Waals surface area contributed by atoms with Crippen molar-refractivity contribution >= 4 is 5.82 Å². The number of rotatable bonds is 5. The van der Waals surface area contributed by atoms with Gasteiger partial charge in [0.25, 0.3) is 0 Å². The summed E-state index contributed by atoms with van der Waals surface area (Å²) in [5.74, 6) is 1.30. The Morgan fingerprint density at radius 3 is 2.89 bits per heavy atom. The van der Waals surface area contributed by atoms with Gasteiger partial charge < -0.3 is 10.1 Å². The van der Waals surface area contributed by atoms with Gasteiger partial charge in [-0.3, -0.25) is 5.10 Å². The molecule has 0 radical (unpaired) electrons. The molecule has 18 heavy (non-hydrogen) atoms.